The Kier molecular flexibility index (Phi) is 3.93. The maximum atomic E-state index is 12.0. The Labute approximate surface area is 96.0 Å². The summed E-state index contributed by atoms with van der Waals surface area (Å²) >= 11 is 0. The van der Waals surface area contributed by atoms with Gasteiger partial charge in [-0.05, 0) is 12.1 Å². The van der Waals surface area contributed by atoms with E-state index in [0.29, 0.717) is 0 Å². The van der Waals surface area contributed by atoms with E-state index in [1.807, 2.05) is 0 Å². The second kappa shape index (κ2) is 5.03. The lowest BCUT2D eigenvalue weighted by Crippen LogP contribution is -2.25. The van der Waals surface area contributed by atoms with E-state index in [-0.39, 0.29) is 11.4 Å². The zero-order valence-electron chi connectivity index (χ0n) is 9.28. The Balaban J connectivity index is 2.89. The highest BCUT2D eigenvalue weighted by molar-refractivity contribution is 5.95. The van der Waals surface area contributed by atoms with Gasteiger partial charge in [0, 0.05) is 20.3 Å². The zero-order chi connectivity index (χ0) is 13.1. The van der Waals surface area contributed by atoms with E-state index in [1.165, 1.54) is 37.3 Å². The Morgan fingerprint density at radius 2 is 2.12 bits per heavy atom. The smallest absolute Gasteiger partial charge is 0.422 e. The van der Waals surface area contributed by atoms with Crippen molar-refractivity contribution in [3.8, 4) is 5.88 Å². The molecule has 0 aliphatic carbocycles. The largest absolute Gasteiger partial charge is 0.467 e. The molecule has 0 radical (unpaired) electrons. The lowest BCUT2D eigenvalue weighted by atomic mass is 10.2. The third kappa shape index (κ3) is 3.93. The minimum atomic E-state index is -4.46. The van der Waals surface area contributed by atoms with Gasteiger partial charge in [0.25, 0.3) is 5.91 Å². The Morgan fingerprint density at radius 1 is 1.47 bits per heavy atom. The minimum absolute atomic E-state index is 0.00162. The second-order valence-corrected chi connectivity index (χ2v) is 3.46. The summed E-state index contributed by atoms with van der Waals surface area (Å²) in [6, 6.07) is 2.82. The molecule has 1 heterocycles. The van der Waals surface area contributed by atoms with Crippen molar-refractivity contribution in [3.05, 3.63) is 23.9 Å². The van der Waals surface area contributed by atoms with Gasteiger partial charge >= 0.3 is 6.18 Å². The Bertz CT molecular complexity index is 405. The van der Waals surface area contributed by atoms with Crippen LogP contribution in [-0.4, -0.2) is 42.7 Å². The molecule has 0 aliphatic heterocycles. The first kappa shape index (κ1) is 13.3. The van der Waals surface area contributed by atoms with Crippen molar-refractivity contribution in [2.24, 2.45) is 0 Å². The first-order valence-corrected chi connectivity index (χ1v) is 4.67. The van der Waals surface area contributed by atoms with E-state index in [0.717, 1.165) is 0 Å². The molecule has 0 bridgehead atoms. The molecule has 94 valence electrons. The SMILES string of the molecule is CN(C)C(=O)c1cccnc1OCC(F)(F)F. The first-order chi connectivity index (χ1) is 7.81. The predicted octanol–water partition coefficient (Wildman–Crippen LogP) is 1.72. The van der Waals surface area contributed by atoms with Gasteiger partial charge < -0.3 is 9.64 Å². The molecule has 0 spiro atoms. The van der Waals surface area contributed by atoms with Crippen molar-refractivity contribution in [2.45, 2.75) is 6.18 Å². The summed E-state index contributed by atoms with van der Waals surface area (Å²) in [6.45, 7) is -1.47. The molecule has 17 heavy (non-hydrogen) atoms. The summed E-state index contributed by atoms with van der Waals surface area (Å²) in [7, 11) is 2.98. The van der Waals surface area contributed by atoms with Gasteiger partial charge in [-0.25, -0.2) is 4.98 Å². The van der Waals surface area contributed by atoms with Crippen LogP contribution in [0.25, 0.3) is 0 Å². The van der Waals surface area contributed by atoms with Crippen LogP contribution in [0.5, 0.6) is 5.88 Å². The number of carbonyl (C=O) groups is 1. The molecule has 0 N–H and O–H groups in total. The normalized spacial score (nSPS) is 11.1. The molecule has 0 saturated carbocycles. The zero-order valence-corrected chi connectivity index (χ0v) is 9.28. The van der Waals surface area contributed by atoms with E-state index in [1.54, 1.807) is 0 Å². The maximum Gasteiger partial charge on any atom is 0.422 e. The van der Waals surface area contributed by atoms with Crippen LogP contribution in [-0.2, 0) is 0 Å². The number of hydrogen-bond acceptors (Lipinski definition) is 3. The molecule has 7 heteroatoms. The molecular weight excluding hydrogens is 237 g/mol. The van der Waals surface area contributed by atoms with Gasteiger partial charge in [0.05, 0.1) is 0 Å². The molecule has 1 aromatic rings. The number of alkyl halides is 3. The predicted molar refractivity (Wildman–Crippen MR) is 53.8 cm³/mol. The number of ether oxygens (including phenoxy) is 1. The van der Waals surface area contributed by atoms with E-state index in [2.05, 4.69) is 9.72 Å². The van der Waals surface area contributed by atoms with Crippen molar-refractivity contribution in [1.82, 2.24) is 9.88 Å². The molecule has 0 saturated heterocycles. The molecule has 1 aromatic heterocycles. The van der Waals surface area contributed by atoms with Crippen LogP contribution >= 0.6 is 0 Å². The fourth-order valence-electron chi connectivity index (χ4n) is 1.06. The van der Waals surface area contributed by atoms with Crippen LogP contribution in [0.3, 0.4) is 0 Å². The van der Waals surface area contributed by atoms with Crippen molar-refractivity contribution in [2.75, 3.05) is 20.7 Å². The van der Waals surface area contributed by atoms with Crippen molar-refractivity contribution >= 4 is 5.91 Å². The fourth-order valence-corrected chi connectivity index (χ4v) is 1.06. The molecule has 0 unspecified atom stereocenters. The molecular formula is C10H11F3N2O2. The van der Waals surface area contributed by atoms with Crippen LogP contribution in [0.4, 0.5) is 13.2 Å². The van der Waals surface area contributed by atoms with E-state index in [9.17, 15) is 18.0 Å². The standard InChI is InChI=1S/C10H11F3N2O2/c1-15(2)9(16)7-4-3-5-14-8(7)17-6-10(11,12)13/h3-5H,6H2,1-2H3. The van der Waals surface area contributed by atoms with E-state index < -0.39 is 18.7 Å². The van der Waals surface area contributed by atoms with Gasteiger partial charge in [-0.15, -0.1) is 0 Å². The van der Waals surface area contributed by atoms with Gasteiger partial charge in [0.1, 0.15) is 5.56 Å². The van der Waals surface area contributed by atoms with E-state index >= 15 is 0 Å². The maximum absolute atomic E-state index is 12.0. The number of aromatic nitrogens is 1. The third-order valence-corrected chi connectivity index (χ3v) is 1.78. The summed E-state index contributed by atoms with van der Waals surface area (Å²) in [6.07, 6.45) is -3.20. The monoisotopic (exact) mass is 248 g/mol. The number of hydrogen-bond donors (Lipinski definition) is 0. The lowest BCUT2D eigenvalue weighted by molar-refractivity contribution is -0.154. The average molecular weight is 248 g/mol. The van der Waals surface area contributed by atoms with Crippen LogP contribution in [0.1, 0.15) is 10.4 Å². The van der Waals surface area contributed by atoms with Gasteiger partial charge in [0.2, 0.25) is 5.88 Å². The number of nitrogens with zero attached hydrogens (tertiary/aromatic N) is 2. The highest BCUT2D eigenvalue weighted by Gasteiger charge is 2.29. The van der Waals surface area contributed by atoms with Gasteiger partial charge in [-0.1, -0.05) is 0 Å². The number of carbonyl (C=O) groups excluding carboxylic acids is 1. The van der Waals surface area contributed by atoms with Gasteiger partial charge in [0.15, 0.2) is 6.61 Å². The summed E-state index contributed by atoms with van der Waals surface area (Å²) in [5, 5.41) is 0. The highest BCUT2D eigenvalue weighted by Crippen LogP contribution is 2.20. The highest BCUT2D eigenvalue weighted by atomic mass is 19.4. The minimum Gasteiger partial charge on any atom is -0.467 e. The second-order valence-electron chi connectivity index (χ2n) is 3.46. The average Bonchev–Trinajstić information content (AvgIpc) is 2.24. The molecule has 0 aromatic carbocycles. The van der Waals surface area contributed by atoms with Gasteiger partial charge in [-0.3, -0.25) is 4.79 Å². The summed E-state index contributed by atoms with van der Waals surface area (Å²) in [5.74, 6) is -0.779. The number of pyridine rings is 1. The lowest BCUT2D eigenvalue weighted by Gasteiger charge is -2.14. The van der Waals surface area contributed by atoms with E-state index in [4.69, 9.17) is 0 Å². The molecule has 4 nitrogen and oxygen atoms in total. The first-order valence-electron chi connectivity index (χ1n) is 4.67. The third-order valence-electron chi connectivity index (χ3n) is 1.78. The molecule has 0 atom stereocenters. The summed E-state index contributed by atoms with van der Waals surface area (Å²) in [4.78, 5) is 16.5. The van der Waals surface area contributed by atoms with Gasteiger partial charge in [-0.2, -0.15) is 13.2 Å². The number of halogens is 3. The molecule has 1 rings (SSSR count). The van der Waals surface area contributed by atoms with Crippen LogP contribution < -0.4 is 4.74 Å². The molecule has 1 amide bonds. The molecule has 0 fully saturated rings. The van der Waals surface area contributed by atoms with Crippen molar-refractivity contribution in [3.63, 3.8) is 0 Å². The number of amides is 1. The Morgan fingerprint density at radius 3 is 2.65 bits per heavy atom. The van der Waals surface area contributed by atoms with Crippen molar-refractivity contribution in [1.29, 1.82) is 0 Å². The quantitative estimate of drug-likeness (QED) is 0.818. The van der Waals surface area contributed by atoms with Crippen LogP contribution in [0, 0.1) is 0 Å². The van der Waals surface area contributed by atoms with Crippen LogP contribution in [0.2, 0.25) is 0 Å². The van der Waals surface area contributed by atoms with Crippen LogP contribution in [0.15, 0.2) is 18.3 Å². The summed E-state index contributed by atoms with van der Waals surface area (Å²) in [5.41, 5.74) is 0.00162. The fraction of sp³-hybridized carbons (Fsp3) is 0.400. The molecule has 0 aliphatic rings. The summed E-state index contributed by atoms with van der Waals surface area (Å²) < 4.78 is 40.4. The topological polar surface area (TPSA) is 42.4 Å². The van der Waals surface area contributed by atoms with Crippen molar-refractivity contribution < 1.29 is 22.7 Å². The Hall–Kier alpha value is -1.79. The number of rotatable bonds is 3.